The Kier molecular flexibility index (Phi) is 3.52. The van der Waals surface area contributed by atoms with Crippen LogP contribution in [0.2, 0.25) is 0 Å². The molecule has 1 unspecified atom stereocenters. The van der Waals surface area contributed by atoms with Crippen molar-refractivity contribution < 1.29 is 18.3 Å². The first-order valence-electron chi connectivity index (χ1n) is 5.56. The molecule has 2 rings (SSSR count). The Labute approximate surface area is 102 Å². The molecule has 96 valence electrons. The van der Waals surface area contributed by atoms with Gasteiger partial charge >= 0.3 is 6.18 Å². The molecule has 0 radical (unpaired) electrons. The quantitative estimate of drug-likeness (QED) is 0.908. The maximum Gasteiger partial charge on any atom is 0.389 e. The van der Waals surface area contributed by atoms with Crippen LogP contribution in [-0.4, -0.2) is 16.3 Å². The van der Waals surface area contributed by atoms with Crippen molar-refractivity contribution in [3.8, 4) is 0 Å². The number of halogens is 3. The summed E-state index contributed by atoms with van der Waals surface area (Å²) in [6.45, 7) is 0. The number of aliphatic hydroxyl groups is 1. The van der Waals surface area contributed by atoms with E-state index in [0.717, 1.165) is 0 Å². The van der Waals surface area contributed by atoms with Gasteiger partial charge in [-0.2, -0.15) is 13.2 Å². The van der Waals surface area contributed by atoms with Gasteiger partial charge in [0.15, 0.2) is 0 Å². The molecule has 0 spiro atoms. The van der Waals surface area contributed by atoms with E-state index < -0.39 is 18.7 Å². The number of pyridine rings is 1. The van der Waals surface area contributed by atoms with Crippen molar-refractivity contribution in [1.29, 1.82) is 0 Å². The van der Waals surface area contributed by atoms with E-state index in [0.29, 0.717) is 16.5 Å². The molecular formula is C13H12F3NO. The number of hydrogen-bond acceptors (Lipinski definition) is 2. The zero-order valence-corrected chi connectivity index (χ0v) is 9.48. The van der Waals surface area contributed by atoms with Crippen molar-refractivity contribution in [2.75, 3.05) is 0 Å². The van der Waals surface area contributed by atoms with Gasteiger partial charge in [-0.3, -0.25) is 4.98 Å². The van der Waals surface area contributed by atoms with Crippen LogP contribution in [0.4, 0.5) is 13.2 Å². The second-order valence-electron chi connectivity index (χ2n) is 4.09. The van der Waals surface area contributed by atoms with Gasteiger partial charge in [0.1, 0.15) is 0 Å². The van der Waals surface area contributed by atoms with Gasteiger partial charge in [0.2, 0.25) is 0 Å². The summed E-state index contributed by atoms with van der Waals surface area (Å²) in [5.41, 5.74) is 1.16. The molecule has 0 fully saturated rings. The lowest BCUT2D eigenvalue weighted by atomic mass is 10.00. The lowest BCUT2D eigenvalue weighted by Gasteiger charge is -2.14. The van der Waals surface area contributed by atoms with Gasteiger partial charge in [-0.15, -0.1) is 0 Å². The van der Waals surface area contributed by atoms with Crippen molar-refractivity contribution in [2.45, 2.75) is 25.1 Å². The average Bonchev–Trinajstić information content (AvgIpc) is 2.34. The number of alkyl halides is 3. The molecule has 1 aromatic carbocycles. The van der Waals surface area contributed by atoms with Crippen molar-refractivity contribution in [3.63, 3.8) is 0 Å². The van der Waals surface area contributed by atoms with E-state index in [1.54, 1.807) is 36.5 Å². The molecule has 0 saturated carbocycles. The lowest BCUT2D eigenvalue weighted by molar-refractivity contribution is -0.140. The molecule has 18 heavy (non-hydrogen) atoms. The number of aromatic nitrogens is 1. The summed E-state index contributed by atoms with van der Waals surface area (Å²) in [6, 6.07) is 8.51. The zero-order chi connectivity index (χ0) is 13.2. The summed E-state index contributed by atoms with van der Waals surface area (Å²) >= 11 is 0. The van der Waals surface area contributed by atoms with E-state index in [-0.39, 0.29) is 6.42 Å². The molecule has 0 saturated heterocycles. The maximum atomic E-state index is 12.1. The van der Waals surface area contributed by atoms with Crippen molar-refractivity contribution in [2.24, 2.45) is 0 Å². The third kappa shape index (κ3) is 2.98. The second kappa shape index (κ2) is 4.94. The van der Waals surface area contributed by atoms with Crippen LogP contribution in [0.15, 0.2) is 36.5 Å². The van der Waals surface area contributed by atoms with Crippen molar-refractivity contribution >= 4 is 10.9 Å². The Morgan fingerprint density at radius 1 is 1.17 bits per heavy atom. The minimum absolute atomic E-state index is 0.336. The molecule has 0 amide bonds. The van der Waals surface area contributed by atoms with Gasteiger partial charge in [-0.25, -0.2) is 0 Å². The van der Waals surface area contributed by atoms with Crippen LogP contribution in [0.3, 0.4) is 0 Å². The van der Waals surface area contributed by atoms with Crippen LogP contribution < -0.4 is 0 Å². The van der Waals surface area contributed by atoms with Crippen LogP contribution in [-0.2, 0) is 0 Å². The highest BCUT2D eigenvalue weighted by atomic mass is 19.4. The van der Waals surface area contributed by atoms with Crippen molar-refractivity contribution in [1.82, 2.24) is 4.98 Å². The molecule has 1 heterocycles. The second-order valence-corrected chi connectivity index (χ2v) is 4.09. The van der Waals surface area contributed by atoms with Gasteiger partial charge in [0, 0.05) is 18.0 Å². The molecule has 1 N–H and O–H groups in total. The molecule has 0 aliphatic carbocycles. The summed E-state index contributed by atoms with van der Waals surface area (Å²) in [4.78, 5) is 4.10. The smallest absolute Gasteiger partial charge is 0.388 e. The average molecular weight is 255 g/mol. The van der Waals surface area contributed by atoms with E-state index in [1.807, 2.05) is 0 Å². The van der Waals surface area contributed by atoms with E-state index in [4.69, 9.17) is 0 Å². The highest BCUT2D eigenvalue weighted by Gasteiger charge is 2.28. The first-order chi connectivity index (χ1) is 8.47. The number of fused-ring (bicyclic) bond motifs is 1. The minimum Gasteiger partial charge on any atom is -0.388 e. The third-order valence-corrected chi connectivity index (χ3v) is 2.74. The number of rotatable bonds is 3. The molecule has 2 aromatic rings. The van der Waals surface area contributed by atoms with Crippen LogP contribution >= 0.6 is 0 Å². The lowest BCUT2D eigenvalue weighted by Crippen LogP contribution is -2.10. The summed E-state index contributed by atoms with van der Waals surface area (Å²) in [5, 5.41) is 10.5. The number of benzene rings is 1. The maximum absolute atomic E-state index is 12.1. The Morgan fingerprint density at radius 3 is 2.67 bits per heavy atom. The molecule has 0 bridgehead atoms. The van der Waals surface area contributed by atoms with Gasteiger partial charge in [-0.05, 0) is 24.1 Å². The fourth-order valence-corrected chi connectivity index (χ4v) is 1.87. The van der Waals surface area contributed by atoms with Crippen LogP contribution in [0, 0.1) is 0 Å². The number of aliphatic hydroxyl groups excluding tert-OH is 1. The Bertz CT molecular complexity index is 534. The zero-order valence-electron chi connectivity index (χ0n) is 9.48. The predicted molar refractivity (Wildman–Crippen MR) is 62.0 cm³/mol. The highest BCUT2D eigenvalue weighted by molar-refractivity contribution is 5.82. The number of hydrogen-bond donors (Lipinski definition) is 1. The molecule has 1 aromatic heterocycles. The first-order valence-corrected chi connectivity index (χ1v) is 5.56. The summed E-state index contributed by atoms with van der Waals surface area (Å²) in [7, 11) is 0. The van der Waals surface area contributed by atoms with Gasteiger partial charge in [-0.1, -0.05) is 18.2 Å². The van der Waals surface area contributed by atoms with Crippen LogP contribution in [0.1, 0.15) is 24.5 Å². The first kappa shape index (κ1) is 12.8. The predicted octanol–water partition coefficient (Wildman–Crippen LogP) is 3.61. The standard InChI is InChI=1S/C13H12F3NO/c14-13(15,16)7-6-12(18)10-3-1-5-11-9(10)4-2-8-17-11/h1-5,8,12,18H,6-7H2. The fraction of sp³-hybridized carbons (Fsp3) is 0.308. The van der Waals surface area contributed by atoms with E-state index >= 15 is 0 Å². The summed E-state index contributed by atoms with van der Waals surface area (Å²) in [5.74, 6) is 0. The van der Waals surface area contributed by atoms with E-state index in [2.05, 4.69) is 4.98 Å². The topological polar surface area (TPSA) is 33.1 Å². The largest absolute Gasteiger partial charge is 0.389 e. The monoisotopic (exact) mass is 255 g/mol. The molecule has 0 aliphatic heterocycles. The van der Waals surface area contributed by atoms with Gasteiger partial charge in [0.25, 0.3) is 0 Å². The Hall–Kier alpha value is -1.62. The van der Waals surface area contributed by atoms with Crippen molar-refractivity contribution in [3.05, 3.63) is 42.1 Å². The van der Waals surface area contributed by atoms with E-state index in [1.165, 1.54) is 0 Å². The molecule has 1 atom stereocenters. The molecule has 2 nitrogen and oxygen atoms in total. The van der Waals surface area contributed by atoms with Gasteiger partial charge in [0.05, 0.1) is 11.6 Å². The highest BCUT2D eigenvalue weighted by Crippen LogP contribution is 2.30. The fourth-order valence-electron chi connectivity index (χ4n) is 1.87. The minimum atomic E-state index is -4.25. The third-order valence-electron chi connectivity index (χ3n) is 2.74. The normalized spacial score (nSPS) is 13.8. The number of nitrogens with zero attached hydrogens (tertiary/aromatic N) is 1. The SMILES string of the molecule is OC(CCC(F)(F)F)c1cccc2ncccc12. The van der Waals surface area contributed by atoms with Crippen LogP contribution in [0.25, 0.3) is 10.9 Å². The summed E-state index contributed by atoms with van der Waals surface area (Å²) in [6.07, 6.45) is -5.10. The summed E-state index contributed by atoms with van der Waals surface area (Å²) < 4.78 is 36.4. The molecule has 5 heteroatoms. The van der Waals surface area contributed by atoms with Crippen LogP contribution in [0.5, 0.6) is 0 Å². The Morgan fingerprint density at radius 2 is 1.94 bits per heavy atom. The molecule has 0 aliphatic rings. The van der Waals surface area contributed by atoms with E-state index in [9.17, 15) is 18.3 Å². The Balaban J connectivity index is 2.25. The molecular weight excluding hydrogens is 243 g/mol. The van der Waals surface area contributed by atoms with Gasteiger partial charge < -0.3 is 5.11 Å².